The van der Waals surface area contributed by atoms with Crippen molar-refractivity contribution in [3.05, 3.63) is 65.6 Å². The fourth-order valence-electron chi connectivity index (χ4n) is 3.43. The van der Waals surface area contributed by atoms with Crippen molar-refractivity contribution in [1.82, 2.24) is 4.98 Å². The first kappa shape index (κ1) is 25.2. The predicted molar refractivity (Wildman–Crippen MR) is 128 cm³/mol. The lowest BCUT2D eigenvalue weighted by Gasteiger charge is -2.38. The van der Waals surface area contributed by atoms with E-state index in [2.05, 4.69) is 16.3 Å². The Hall–Kier alpha value is -2.43. The van der Waals surface area contributed by atoms with Crippen LogP contribution in [0.25, 0.3) is 16.8 Å². The molecule has 1 aliphatic rings. The molecular weight excluding hydrogens is 471 g/mol. The Bertz CT molecular complexity index is 1160. The number of rotatable bonds is 9. The number of nitrogens with one attached hydrogen (secondary N) is 1. The number of hydrogen-bond acceptors (Lipinski definition) is 5. The molecule has 1 saturated carbocycles. The van der Waals surface area contributed by atoms with Gasteiger partial charge in [0.2, 0.25) is 10.0 Å². The van der Waals surface area contributed by atoms with E-state index in [0.717, 1.165) is 41.7 Å². The number of nitrogens with zero attached hydrogens (tertiary/aromatic N) is 1. The highest BCUT2D eigenvalue weighted by atomic mass is 32.2. The molecule has 33 heavy (non-hydrogen) atoms. The summed E-state index contributed by atoms with van der Waals surface area (Å²) in [5.41, 5.74) is 9.06. The minimum atomic E-state index is -4.57. The van der Waals surface area contributed by atoms with Crippen LogP contribution in [0.5, 0.6) is 0 Å². The Balaban J connectivity index is 1.97. The first-order valence-corrected chi connectivity index (χ1v) is 12.9. The maximum Gasteiger partial charge on any atom is 0.390 e. The van der Waals surface area contributed by atoms with Gasteiger partial charge in [-0.05, 0) is 37.3 Å². The van der Waals surface area contributed by atoms with Gasteiger partial charge in [-0.25, -0.2) is 13.4 Å². The zero-order valence-electron chi connectivity index (χ0n) is 18.2. The van der Waals surface area contributed by atoms with Crippen LogP contribution in [-0.2, 0) is 15.6 Å². The molecule has 0 unspecified atom stereocenters. The van der Waals surface area contributed by atoms with Gasteiger partial charge in [0.25, 0.3) is 0 Å². The van der Waals surface area contributed by atoms with Crippen LogP contribution in [0.3, 0.4) is 0 Å². The summed E-state index contributed by atoms with van der Waals surface area (Å²) in [6.07, 6.45) is 4.00. The van der Waals surface area contributed by atoms with Gasteiger partial charge in [-0.1, -0.05) is 66.5 Å². The van der Waals surface area contributed by atoms with Crippen LogP contribution in [0.15, 0.2) is 55.1 Å². The fourth-order valence-corrected chi connectivity index (χ4v) is 5.75. The minimum Gasteiger partial charge on any atom is -0.321 e. The zero-order valence-corrected chi connectivity index (χ0v) is 19.8. The number of anilines is 1. The molecule has 178 valence electrons. The van der Waals surface area contributed by atoms with Gasteiger partial charge < -0.3 is 5.73 Å². The largest absolute Gasteiger partial charge is 0.390 e. The second-order valence-electron chi connectivity index (χ2n) is 7.92. The van der Waals surface area contributed by atoms with Crippen molar-refractivity contribution in [2.24, 2.45) is 5.73 Å². The lowest BCUT2D eigenvalue weighted by Crippen LogP contribution is -2.43. The van der Waals surface area contributed by atoms with Crippen LogP contribution in [0.1, 0.15) is 43.0 Å². The van der Waals surface area contributed by atoms with Gasteiger partial charge in [0.15, 0.2) is 5.13 Å². The summed E-state index contributed by atoms with van der Waals surface area (Å²) < 4.78 is 64.1. The predicted octanol–water partition coefficient (Wildman–Crippen LogP) is 5.99. The molecule has 3 rings (SSSR count). The lowest BCUT2D eigenvalue weighted by molar-refractivity contribution is -0.129. The average Bonchev–Trinajstić information content (AvgIpc) is 3.14. The van der Waals surface area contributed by atoms with E-state index in [1.54, 1.807) is 6.08 Å². The van der Waals surface area contributed by atoms with E-state index in [1.807, 2.05) is 49.4 Å². The summed E-state index contributed by atoms with van der Waals surface area (Å²) in [6, 6.07) is 7.63. The van der Waals surface area contributed by atoms with Crippen molar-refractivity contribution in [2.75, 3.05) is 10.5 Å². The quantitative estimate of drug-likeness (QED) is 0.417. The van der Waals surface area contributed by atoms with Crippen LogP contribution in [0, 0.1) is 0 Å². The third-order valence-corrected chi connectivity index (χ3v) is 7.85. The number of benzene rings is 1. The Labute approximate surface area is 196 Å². The van der Waals surface area contributed by atoms with E-state index in [4.69, 9.17) is 5.73 Å². The smallest absolute Gasteiger partial charge is 0.321 e. The third kappa shape index (κ3) is 6.33. The highest BCUT2D eigenvalue weighted by Crippen LogP contribution is 2.41. The number of thiazole rings is 1. The molecule has 3 N–H and O–H groups in total. The summed E-state index contributed by atoms with van der Waals surface area (Å²) in [4.78, 5) is 5.06. The maximum absolute atomic E-state index is 12.5. The monoisotopic (exact) mass is 497 g/mol. The second kappa shape index (κ2) is 9.82. The first-order chi connectivity index (χ1) is 15.5. The minimum absolute atomic E-state index is 0.00577. The number of aromatic nitrogens is 1. The average molecular weight is 498 g/mol. The van der Waals surface area contributed by atoms with Gasteiger partial charge in [0.05, 0.1) is 22.7 Å². The Morgan fingerprint density at radius 2 is 1.97 bits per heavy atom. The fraction of sp³-hybridized carbons (Fsp3) is 0.348. The summed E-state index contributed by atoms with van der Waals surface area (Å²) >= 11 is 1.04. The maximum atomic E-state index is 12.5. The molecular formula is C23H26F3N3O2S2. The van der Waals surface area contributed by atoms with Crippen LogP contribution >= 0.6 is 11.3 Å². The molecule has 5 nitrogen and oxygen atoms in total. The van der Waals surface area contributed by atoms with Gasteiger partial charge in [0, 0.05) is 11.1 Å². The van der Waals surface area contributed by atoms with Gasteiger partial charge in [-0.2, -0.15) is 13.2 Å². The van der Waals surface area contributed by atoms with Gasteiger partial charge >= 0.3 is 6.18 Å². The molecule has 0 amide bonds. The summed E-state index contributed by atoms with van der Waals surface area (Å²) in [6.45, 7) is 5.68. The number of hydrogen-bond donors (Lipinski definition) is 2. The first-order valence-electron chi connectivity index (χ1n) is 10.4. The molecule has 0 spiro atoms. The molecule has 0 aliphatic heterocycles. The van der Waals surface area contributed by atoms with Gasteiger partial charge in [-0.15, -0.1) is 0 Å². The Morgan fingerprint density at radius 3 is 2.48 bits per heavy atom. The van der Waals surface area contributed by atoms with Crippen molar-refractivity contribution in [3.63, 3.8) is 0 Å². The molecule has 1 heterocycles. The highest BCUT2D eigenvalue weighted by Gasteiger charge is 2.34. The summed E-state index contributed by atoms with van der Waals surface area (Å²) in [7, 11) is -4.22. The molecule has 0 saturated heterocycles. The molecule has 0 radical (unpaired) electrons. The van der Waals surface area contributed by atoms with E-state index in [9.17, 15) is 21.6 Å². The van der Waals surface area contributed by atoms with Crippen molar-refractivity contribution in [2.45, 2.75) is 44.3 Å². The van der Waals surface area contributed by atoms with Crippen molar-refractivity contribution in [3.8, 4) is 11.3 Å². The van der Waals surface area contributed by atoms with Crippen LogP contribution < -0.4 is 10.5 Å². The van der Waals surface area contributed by atoms with Gasteiger partial charge in [0.1, 0.15) is 0 Å². The van der Waals surface area contributed by atoms with Crippen molar-refractivity contribution < 1.29 is 21.6 Å². The molecule has 10 heteroatoms. The van der Waals surface area contributed by atoms with Gasteiger partial charge in [-0.3, -0.25) is 4.72 Å². The molecule has 1 aromatic carbocycles. The second-order valence-corrected chi connectivity index (χ2v) is 10.8. The topological polar surface area (TPSA) is 85.1 Å². The van der Waals surface area contributed by atoms with Crippen molar-refractivity contribution in [1.29, 1.82) is 0 Å². The normalized spacial score (nSPS) is 16.6. The van der Waals surface area contributed by atoms with E-state index in [1.165, 1.54) is 0 Å². The molecule has 0 bridgehead atoms. The Morgan fingerprint density at radius 1 is 1.30 bits per heavy atom. The number of sulfonamides is 1. The van der Waals surface area contributed by atoms with E-state index in [0.29, 0.717) is 16.1 Å². The number of nitrogens with two attached hydrogens (primary N) is 1. The number of alkyl halides is 3. The molecule has 1 aliphatic carbocycles. The molecule has 0 atom stereocenters. The summed E-state index contributed by atoms with van der Waals surface area (Å²) in [5, 5.41) is -0.00577. The SMILES string of the molecule is C=C/C(=C\C=C/C)c1sc(NS(=O)(=O)CCC(F)(F)F)nc1-c1ccc(C2(N)CCC2)cc1. The van der Waals surface area contributed by atoms with Crippen LogP contribution in [0.2, 0.25) is 0 Å². The van der Waals surface area contributed by atoms with E-state index >= 15 is 0 Å². The van der Waals surface area contributed by atoms with Crippen LogP contribution in [-0.4, -0.2) is 25.3 Å². The highest BCUT2D eigenvalue weighted by molar-refractivity contribution is 7.92. The standard InChI is InChI=1S/C23H26F3N3O2S2/c1-3-5-7-16(4-2)20-19(17-8-10-18(11-9-17)22(27)12-6-13-22)28-21(32-20)29-33(30,31)15-14-23(24,25)26/h3-5,7-11H,2,6,12-15,27H2,1H3,(H,28,29)/b5-3-,16-7+. The molecule has 1 fully saturated rings. The van der Waals surface area contributed by atoms with E-state index < -0.39 is 28.4 Å². The third-order valence-electron chi connectivity index (χ3n) is 5.45. The number of allylic oxidation sites excluding steroid dienone is 5. The molecule has 2 aromatic rings. The van der Waals surface area contributed by atoms with Crippen LogP contribution in [0.4, 0.5) is 18.3 Å². The van der Waals surface area contributed by atoms with E-state index in [-0.39, 0.29) is 10.7 Å². The zero-order chi connectivity index (χ0) is 24.3. The Kier molecular flexibility index (Phi) is 7.50. The molecule has 1 aromatic heterocycles. The summed E-state index contributed by atoms with van der Waals surface area (Å²) in [5.74, 6) is -1.07. The van der Waals surface area contributed by atoms with Crippen molar-refractivity contribution >= 4 is 32.1 Å². The lowest BCUT2D eigenvalue weighted by atomic mass is 9.72. The number of halogens is 3.